The van der Waals surface area contributed by atoms with Gasteiger partial charge >= 0.3 is 11.9 Å². The molecule has 0 spiro atoms. The molecule has 0 fully saturated rings. The fourth-order valence-electron chi connectivity index (χ4n) is 2.00. The summed E-state index contributed by atoms with van der Waals surface area (Å²) in [6, 6.07) is 0. The molecule has 6 nitrogen and oxygen atoms in total. The molecule has 0 aliphatic rings. The van der Waals surface area contributed by atoms with E-state index in [9.17, 15) is 14.4 Å². The van der Waals surface area contributed by atoms with Crippen molar-refractivity contribution in [2.45, 2.75) is 65.1 Å². The third kappa shape index (κ3) is 12.0. The van der Waals surface area contributed by atoms with Crippen molar-refractivity contribution in [1.29, 1.82) is 0 Å². The van der Waals surface area contributed by atoms with Crippen LogP contribution in [-0.4, -0.2) is 36.1 Å². The lowest BCUT2D eigenvalue weighted by atomic mass is 10.00. The summed E-state index contributed by atoms with van der Waals surface area (Å²) in [7, 11) is 0. The number of ether oxygens (including phenoxy) is 2. The molecule has 0 rings (SSSR count). The molecule has 25 heavy (non-hydrogen) atoms. The van der Waals surface area contributed by atoms with E-state index in [0.717, 1.165) is 0 Å². The lowest BCUT2D eigenvalue weighted by molar-refractivity contribution is -0.157. The maximum Gasteiger partial charge on any atom is 0.307 e. The number of hydrogen-bond acceptors (Lipinski definition) is 5. The number of nitrogens with one attached hydrogen (secondary N) is 1. The molecule has 0 saturated heterocycles. The molecule has 0 saturated carbocycles. The molecule has 142 valence electrons. The Morgan fingerprint density at radius 3 is 2.28 bits per heavy atom. The molecule has 0 radical (unpaired) electrons. The maximum atomic E-state index is 12.3. The third-order valence-corrected chi connectivity index (χ3v) is 3.10. The van der Waals surface area contributed by atoms with Crippen molar-refractivity contribution in [2.24, 2.45) is 5.92 Å². The van der Waals surface area contributed by atoms with Gasteiger partial charge in [0.15, 0.2) is 0 Å². The average Bonchev–Trinajstić information content (AvgIpc) is 2.48. The van der Waals surface area contributed by atoms with E-state index in [0.29, 0.717) is 12.8 Å². The Bertz CT molecular complexity index is 479. The highest BCUT2D eigenvalue weighted by molar-refractivity contribution is 5.84. The summed E-state index contributed by atoms with van der Waals surface area (Å²) >= 11 is 0. The van der Waals surface area contributed by atoms with Gasteiger partial charge in [-0.15, -0.1) is 13.2 Å². The Morgan fingerprint density at radius 2 is 1.76 bits per heavy atom. The van der Waals surface area contributed by atoms with Gasteiger partial charge < -0.3 is 14.8 Å². The molecular weight excluding hydrogens is 322 g/mol. The van der Waals surface area contributed by atoms with Crippen molar-refractivity contribution in [1.82, 2.24) is 5.32 Å². The van der Waals surface area contributed by atoms with Gasteiger partial charge in [-0.25, -0.2) is 0 Å². The first-order chi connectivity index (χ1) is 11.6. The van der Waals surface area contributed by atoms with Crippen molar-refractivity contribution >= 4 is 17.8 Å². The Balaban J connectivity index is 4.44. The second-order valence-corrected chi connectivity index (χ2v) is 6.88. The smallest absolute Gasteiger partial charge is 0.307 e. The topological polar surface area (TPSA) is 81.7 Å². The zero-order chi connectivity index (χ0) is 19.5. The number of rotatable bonds is 11. The molecule has 0 aliphatic heterocycles. The summed E-state index contributed by atoms with van der Waals surface area (Å²) in [5, 5.41) is 2.71. The number of hydrogen-bond donors (Lipinski definition) is 1. The van der Waals surface area contributed by atoms with Crippen LogP contribution in [0.3, 0.4) is 0 Å². The van der Waals surface area contributed by atoms with Gasteiger partial charge in [0.25, 0.3) is 0 Å². The van der Waals surface area contributed by atoms with Crippen LogP contribution in [0.1, 0.15) is 53.4 Å². The quantitative estimate of drug-likeness (QED) is 0.456. The van der Waals surface area contributed by atoms with Crippen LogP contribution in [-0.2, 0) is 23.9 Å². The highest BCUT2D eigenvalue weighted by Gasteiger charge is 2.25. The lowest BCUT2D eigenvalue weighted by Gasteiger charge is -2.22. The molecule has 0 aromatic carbocycles. The molecule has 2 atom stereocenters. The SMILES string of the molecule is C=CCCC(=O)OC(C)CNC(=O)C(CC=C)CC(=O)OC(C)(C)C. The van der Waals surface area contributed by atoms with E-state index in [-0.39, 0.29) is 31.3 Å². The van der Waals surface area contributed by atoms with Crippen LogP contribution in [0, 0.1) is 5.92 Å². The van der Waals surface area contributed by atoms with E-state index in [1.807, 2.05) is 0 Å². The number of amides is 1. The maximum absolute atomic E-state index is 12.3. The zero-order valence-electron chi connectivity index (χ0n) is 15.8. The van der Waals surface area contributed by atoms with E-state index in [4.69, 9.17) is 9.47 Å². The third-order valence-electron chi connectivity index (χ3n) is 3.10. The van der Waals surface area contributed by atoms with Crippen LogP contribution in [0.5, 0.6) is 0 Å². The molecular formula is C19H31NO5. The van der Waals surface area contributed by atoms with Crippen molar-refractivity contribution in [2.75, 3.05) is 6.54 Å². The minimum absolute atomic E-state index is 0.0252. The fraction of sp³-hybridized carbons (Fsp3) is 0.632. The number of allylic oxidation sites excluding steroid dienone is 2. The second-order valence-electron chi connectivity index (χ2n) is 6.88. The van der Waals surface area contributed by atoms with Crippen molar-refractivity contribution in [3.05, 3.63) is 25.3 Å². The number of carbonyl (C=O) groups excluding carboxylic acids is 3. The van der Waals surface area contributed by atoms with E-state index in [2.05, 4.69) is 18.5 Å². The first-order valence-electron chi connectivity index (χ1n) is 8.49. The normalized spacial score (nSPS) is 13.3. The van der Waals surface area contributed by atoms with E-state index < -0.39 is 23.6 Å². The summed E-state index contributed by atoms with van der Waals surface area (Å²) in [6.07, 6.45) is 3.93. The van der Waals surface area contributed by atoms with Crippen LogP contribution >= 0.6 is 0 Å². The Morgan fingerprint density at radius 1 is 1.12 bits per heavy atom. The fourth-order valence-corrected chi connectivity index (χ4v) is 2.00. The predicted octanol–water partition coefficient (Wildman–Crippen LogP) is 2.92. The van der Waals surface area contributed by atoms with Crippen LogP contribution in [0.25, 0.3) is 0 Å². The first kappa shape index (κ1) is 22.9. The van der Waals surface area contributed by atoms with Gasteiger partial charge in [-0.05, 0) is 40.5 Å². The Kier molecular flexibility index (Phi) is 10.5. The molecule has 1 N–H and O–H groups in total. The van der Waals surface area contributed by atoms with Crippen LogP contribution in [0.4, 0.5) is 0 Å². The standard InChI is InChI=1S/C19H31NO5/c1-7-9-11-16(21)24-14(3)13-20-18(23)15(10-8-2)12-17(22)25-19(4,5)6/h7-8,14-15H,1-2,9-13H2,3-6H3,(H,20,23). The van der Waals surface area contributed by atoms with Crippen molar-refractivity contribution < 1.29 is 23.9 Å². The molecule has 1 amide bonds. The number of carbonyl (C=O) groups is 3. The summed E-state index contributed by atoms with van der Waals surface area (Å²) in [5.41, 5.74) is -0.597. The molecule has 0 aromatic heterocycles. The summed E-state index contributed by atoms with van der Waals surface area (Å²) in [4.78, 5) is 35.7. The minimum Gasteiger partial charge on any atom is -0.461 e. The largest absolute Gasteiger partial charge is 0.461 e. The Labute approximate surface area is 150 Å². The van der Waals surface area contributed by atoms with Crippen molar-refractivity contribution in [3.8, 4) is 0 Å². The summed E-state index contributed by atoms with van der Waals surface area (Å²) in [6.45, 7) is 14.4. The minimum atomic E-state index is -0.597. The van der Waals surface area contributed by atoms with Gasteiger partial charge in [-0.2, -0.15) is 0 Å². The molecule has 2 unspecified atom stereocenters. The van der Waals surface area contributed by atoms with Gasteiger partial charge in [0.05, 0.1) is 18.9 Å². The monoisotopic (exact) mass is 353 g/mol. The highest BCUT2D eigenvalue weighted by Crippen LogP contribution is 2.15. The molecule has 0 heterocycles. The molecule has 6 heteroatoms. The van der Waals surface area contributed by atoms with Gasteiger partial charge in [0.1, 0.15) is 11.7 Å². The predicted molar refractivity (Wildman–Crippen MR) is 96.8 cm³/mol. The van der Waals surface area contributed by atoms with Gasteiger partial charge in [0.2, 0.25) is 5.91 Å². The van der Waals surface area contributed by atoms with Gasteiger partial charge in [-0.1, -0.05) is 12.2 Å². The molecule has 0 aliphatic carbocycles. The van der Waals surface area contributed by atoms with Crippen LogP contribution in [0.2, 0.25) is 0 Å². The number of esters is 2. The molecule has 0 bridgehead atoms. The average molecular weight is 353 g/mol. The van der Waals surface area contributed by atoms with Crippen LogP contribution < -0.4 is 5.32 Å². The Hall–Kier alpha value is -2.11. The molecule has 0 aromatic rings. The van der Waals surface area contributed by atoms with E-state index >= 15 is 0 Å². The van der Waals surface area contributed by atoms with Crippen LogP contribution in [0.15, 0.2) is 25.3 Å². The highest BCUT2D eigenvalue weighted by atomic mass is 16.6. The summed E-state index contributed by atoms with van der Waals surface area (Å²) in [5.74, 6) is -1.62. The zero-order valence-corrected chi connectivity index (χ0v) is 15.8. The van der Waals surface area contributed by atoms with E-state index in [1.165, 1.54) is 0 Å². The van der Waals surface area contributed by atoms with E-state index in [1.54, 1.807) is 39.8 Å². The van der Waals surface area contributed by atoms with Gasteiger partial charge in [-0.3, -0.25) is 14.4 Å². The van der Waals surface area contributed by atoms with Crippen molar-refractivity contribution in [3.63, 3.8) is 0 Å². The lowest BCUT2D eigenvalue weighted by Crippen LogP contribution is -2.38. The first-order valence-corrected chi connectivity index (χ1v) is 8.49. The summed E-state index contributed by atoms with van der Waals surface area (Å²) < 4.78 is 10.4. The van der Waals surface area contributed by atoms with Gasteiger partial charge in [0, 0.05) is 6.42 Å². The second kappa shape index (κ2) is 11.4.